The van der Waals surface area contributed by atoms with Crippen LogP contribution in [0.4, 0.5) is 0 Å². The van der Waals surface area contributed by atoms with Crippen LogP contribution >= 0.6 is 15.9 Å². The Morgan fingerprint density at radius 1 is 1.43 bits per heavy atom. The number of aliphatic carboxylic acids is 1. The molecular formula is C11H11BrO2. The van der Waals surface area contributed by atoms with Gasteiger partial charge in [-0.05, 0) is 12.0 Å². The van der Waals surface area contributed by atoms with Crippen LogP contribution in [-0.4, -0.2) is 15.4 Å². The Balaban J connectivity index is 2.36. The van der Waals surface area contributed by atoms with E-state index >= 15 is 0 Å². The summed E-state index contributed by atoms with van der Waals surface area (Å²) in [5, 5.41) is 9.06. The van der Waals surface area contributed by atoms with E-state index in [2.05, 4.69) is 15.9 Å². The standard InChI is InChI=1S/C11H11BrO2/c1-10(7-11(10,12)9(13)14)8-5-3-2-4-6-8/h2-6H,7H2,1H3,(H,13,14)/t10-,11-/m0/s1. The summed E-state index contributed by atoms with van der Waals surface area (Å²) in [4.78, 5) is 11.0. The van der Waals surface area contributed by atoms with E-state index in [0.29, 0.717) is 6.42 Å². The number of hydrogen-bond acceptors (Lipinski definition) is 1. The Morgan fingerprint density at radius 3 is 2.43 bits per heavy atom. The maximum atomic E-state index is 11.0. The van der Waals surface area contributed by atoms with Crippen molar-refractivity contribution in [3.63, 3.8) is 0 Å². The van der Waals surface area contributed by atoms with E-state index in [0.717, 1.165) is 5.56 Å². The van der Waals surface area contributed by atoms with Crippen LogP contribution in [0.1, 0.15) is 18.9 Å². The van der Waals surface area contributed by atoms with Crippen LogP contribution in [0.15, 0.2) is 30.3 Å². The Bertz CT molecular complexity index is 376. The average molecular weight is 255 g/mol. The molecular weight excluding hydrogens is 244 g/mol. The molecule has 0 amide bonds. The van der Waals surface area contributed by atoms with Crippen LogP contribution in [0.5, 0.6) is 0 Å². The van der Waals surface area contributed by atoms with E-state index < -0.39 is 10.3 Å². The fraction of sp³-hybridized carbons (Fsp3) is 0.364. The summed E-state index contributed by atoms with van der Waals surface area (Å²) in [5.74, 6) is -0.774. The molecule has 1 saturated carbocycles. The summed E-state index contributed by atoms with van der Waals surface area (Å²) in [6, 6.07) is 9.77. The second-order valence-corrected chi connectivity index (χ2v) is 5.33. The van der Waals surface area contributed by atoms with Crippen LogP contribution < -0.4 is 0 Å². The molecule has 1 aromatic carbocycles. The first-order valence-corrected chi connectivity index (χ1v) is 5.28. The second kappa shape index (κ2) is 2.83. The molecule has 0 unspecified atom stereocenters. The van der Waals surface area contributed by atoms with E-state index in [4.69, 9.17) is 5.11 Å². The molecule has 1 aromatic rings. The number of rotatable bonds is 2. The molecule has 1 aliphatic rings. The zero-order valence-electron chi connectivity index (χ0n) is 7.83. The first kappa shape index (κ1) is 9.71. The van der Waals surface area contributed by atoms with Crippen LogP contribution in [0.2, 0.25) is 0 Å². The topological polar surface area (TPSA) is 37.3 Å². The van der Waals surface area contributed by atoms with Crippen LogP contribution in [-0.2, 0) is 10.2 Å². The molecule has 0 aliphatic heterocycles. The Hall–Kier alpha value is -0.830. The Morgan fingerprint density at radius 2 is 2.00 bits per heavy atom. The fourth-order valence-electron chi connectivity index (χ4n) is 1.89. The van der Waals surface area contributed by atoms with Gasteiger partial charge in [0.05, 0.1) is 0 Å². The zero-order valence-corrected chi connectivity index (χ0v) is 9.41. The number of carboxylic acid groups (broad SMARTS) is 1. The predicted molar refractivity (Wildman–Crippen MR) is 57.7 cm³/mol. The Labute approximate surface area is 91.1 Å². The largest absolute Gasteiger partial charge is 0.480 e. The number of benzene rings is 1. The first-order chi connectivity index (χ1) is 6.51. The van der Waals surface area contributed by atoms with Gasteiger partial charge in [0.1, 0.15) is 4.32 Å². The summed E-state index contributed by atoms with van der Waals surface area (Å²) in [6.07, 6.45) is 0.652. The van der Waals surface area contributed by atoms with Crippen molar-refractivity contribution in [1.29, 1.82) is 0 Å². The smallest absolute Gasteiger partial charge is 0.321 e. The highest BCUT2D eigenvalue weighted by Gasteiger charge is 2.69. The van der Waals surface area contributed by atoms with E-state index in [1.54, 1.807) is 0 Å². The summed E-state index contributed by atoms with van der Waals surface area (Å²) in [7, 11) is 0. The number of carbonyl (C=O) groups is 1. The van der Waals surface area contributed by atoms with Gasteiger partial charge in [-0.3, -0.25) is 4.79 Å². The molecule has 0 aromatic heterocycles. The van der Waals surface area contributed by atoms with Gasteiger partial charge in [0.25, 0.3) is 0 Å². The lowest BCUT2D eigenvalue weighted by molar-refractivity contribution is -0.137. The highest BCUT2D eigenvalue weighted by atomic mass is 79.9. The van der Waals surface area contributed by atoms with Gasteiger partial charge in [-0.15, -0.1) is 0 Å². The van der Waals surface area contributed by atoms with Gasteiger partial charge in [-0.25, -0.2) is 0 Å². The van der Waals surface area contributed by atoms with Gasteiger partial charge < -0.3 is 5.11 Å². The van der Waals surface area contributed by atoms with Gasteiger partial charge in [0, 0.05) is 5.41 Å². The summed E-state index contributed by atoms with van der Waals surface area (Å²) < 4.78 is -0.763. The zero-order chi connectivity index (χ0) is 10.4. The van der Waals surface area contributed by atoms with Gasteiger partial charge in [0.15, 0.2) is 0 Å². The molecule has 0 radical (unpaired) electrons. The third-order valence-corrected chi connectivity index (χ3v) is 4.59. The van der Waals surface area contributed by atoms with Gasteiger partial charge in [-0.2, -0.15) is 0 Å². The van der Waals surface area contributed by atoms with E-state index in [1.165, 1.54) is 0 Å². The monoisotopic (exact) mass is 254 g/mol. The van der Waals surface area contributed by atoms with Gasteiger partial charge in [-0.1, -0.05) is 53.2 Å². The fourth-order valence-corrected chi connectivity index (χ4v) is 2.68. The highest BCUT2D eigenvalue weighted by Crippen LogP contribution is 2.63. The molecule has 1 N–H and O–H groups in total. The van der Waals surface area contributed by atoms with Crippen molar-refractivity contribution in [3.05, 3.63) is 35.9 Å². The van der Waals surface area contributed by atoms with Crippen molar-refractivity contribution in [2.45, 2.75) is 23.1 Å². The molecule has 0 bridgehead atoms. The highest BCUT2D eigenvalue weighted by molar-refractivity contribution is 9.10. The van der Waals surface area contributed by atoms with Gasteiger partial charge in [0.2, 0.25) is 0 Å². The van der Waals surface area contributed by atoms with E-state index in [9.17, 15) is 4.79 Å². The minimum Gasteiger partial charge on any atom is -0.480 e. The van der Waals surface area contributed by atoms with E-state index in [1.807, 2.05) is 37.3 Å². The predicted octanol–water partition coefficient (Wildman–Crippen LogP) is 2.57. The first-order valence-electron chi connectivity index (χ1n) is 4.48. The molecule has 2 rings (SSSR count). The molecule has 2 atom stereocenters. The number of halogens is 1. The van der Waals surface area contributed by atoms with Crippen molar-refractivity contribution in [2.24, 2.45) is 0 Å². The number of carboxylic acids is 1. The normalized spacial score (nSPS) is 35.3. The second-order valence-electron chi connectivity index (χ2n) is 3.98. The third kappa shape index (κ3) is 1.12. The molecule has 0 saturated heterocycles. The maximum Gasteiger partial charge on any atom is 0.321 e. The van der Waals surface area contributed by atoms with Crippen molar-refractivity contribution >= 4 is 21.9 Å². The number of alkyl halides is 1. The molecule has 1 aliphatic carbocycles. The molecule has 1 fully saturated rings. The lowest BCUT2D eigenvalue weighted by atomic mass is 9.95. The lowest BCUT2D eigenvalue weighted by Crippen LogP contribution is -2.24. The molecule has 3 heteroatoms. The summed E-state index contributed by atoms with van der Waals surface area (Å²) in [5.41, 5.74) is 0.819. The Kier molecular flexibility index (Phi) is 1.96. The molecule has 0 heterocycles. The molecule has 74 valence electrons. The quantitative estimate of drug-likeness (QED) is 0.824. The molecule has 2 nitrogen and oxygen atoms in total. The van der Waals surface area contributed by atoms with E-state index in [-0.39, 0.29) is 5.41 Å². The van der Waals surface area contributed by atoms with Gasteiger partial charge >= 0.3 is 5.97 Å². The summed E-state index contributed by atoms with van der Waals surface area (Å²) >= 11 is 3.31. The van der Waals surface area contributed by atoms with Crippen LogP contribution in [0, 0.1) is 0 Å². The lowest BCUT2D eigenvalue weighted by Gasteiger charge is -2.13. The van der Waals surface area contributed by atoms with Crippen LogP contribution in [0.25, 0.3) is 0 Å². The van der Waals surface area contributed by atoms with Crippen molar-refractivity contribution in [3.8, 4) is 0 Å². The van der Waals surface area contributed by atoms with Crippen molar-refractivity contribution < 1.29 is 9.90 Å². The number of hydrogen-bond donors (Lipinski definition) is 1. The summed E-state index contributed by atoms with van der Waals surface area (Å²) in [6.45, 7) is 1.98. The minimum absolute atomic E-state index is 0.264. The average Bonchev–Trinajstić information content (AvgIpc) is 2.74. The van der Waals surface area contributed by atoms with Crippen molar-refractivity contribution in [2.75, 3.05) is 0 Å². The van der Waals surface area contributed by atoms with Crippen LogP contribution in [0.3, 0.4) is 0 Å². The van der Waals surface area contributed by atoms with Crippen molar-refractivity contribution in [1.82, 2.24) is 0 Å². The molecule has 0 spiro atoms. The minimum atomic E-state index is -0.774. The SMILES string of the molecule is C[C@@]1(c2ccccc2)C[C@]1(Br)C(=O)O. The molecule has 14 heavy (non-hydrogen) atoms. The maximum absolute atomic E-state index is 11.0. The third-order valence-electron chi connectivity index (χ3n) is 3.10.